The number of aryl methyl sites for hydroxylation is 2. The summed E-state index contributed by atoms with van der Waals surface area (Å²) in [5.74, 6) is 1.65. The zero-order chi connectivity index (χ0) is 22.7. The summed E-state index contributed by atoms with van der Waals surface area (Å²) < 4.78 is 0. The van der Waals surface area contributed by atoms with Gasteiger partial charge < -0.3 is 20.9 Å². The molecule has 3 aromatic rings. The first-order valence-electron chi connectivity index (χ1n) is 11.2. The van der Waals surface area contributed by atoms with Crippen LogP contribution in [0.25, 0.3) is 10.9 Å². The van der Waals surface area contributed by atoms with Crippen LogP contribution in [0.15, 0.2) is 42.5 Å². The molecule has 0 radical (unpaired) electrons. The van der Waals surface area contributed by atoms with Crippen molar-refractivity contribution in [1.82, 2.24) is 15.3 Å². The molecule has 1 aliphatic rings. The van der Waals surface area contributed by atoms with Gasteiger partial charge in [0.05, 0.1) is 5.52 Å². The van der Waals surface area contributed by atoms with Gasteiger partial charge in [0.1, 0.15) is 5.82 Å². The molecule has 4 rings (SSSR count). The Labute approximate surface area is 195 Å². The number of aromatic nitrogens is 2. The van der Waals surface area contributed by atoms with Crippen LogP contribution in [0.2, 0.25) is 0 Å². The number of para-hydroxylation sites is 2. The molecule has 0 bridgehead atoms. The molecular formula is C25H32N6S. The highest BCUT2D eigenvalue weighted by Gasteiger charge is 2.23. The lowest BCUT2D eigenvalue weighted by molar-refractivity contribution is 0.387. The van der Waals surface area contributed by atoms with Gasteiger partial charge in [0, 0.05) is 37.3 Å². The summed E-state index contributed by atoms with van der Waals surface area (Å²) >= 11 is 5.59. The van der Waals surface area contributed by atoms with Crippen LogP contribution in [0.1, 0.15) is 36.8 Å². The van der Waals surface area contributed by atoms with E-state index >= 15 is 0 Å². The average molecular weight is 449 g/mol. The van der Waals surface area contributed by atoms with Crippen molar-refractivity contribution in [3.05, 3.63) is 53.6 Å². The molecule has 0 spiro atoms. The molecule has 1 aliphatic carbocycles. The minimum atomic E-state index is 0.365. The smallest absolute Gasteiger partial charge is 0.225 e. The van der Waals surface area contributed by atoms with E-state index in [0.717, 1.165) is 48.1 Å². The standard InChI is InChI=1S/C25H32N6S/c1-16-8-7-9-17(2)22(16)29-25(32)27-19-14-12-18(13-15-19)26-24-28-21-11-6-5-10-20(21)23(30-24)31(3)4/h5-11,18-19H,12-15H2,1-4H3,(H,26,28,30)(H2,27,29,32). The third kappa shape index (κ3) is 5.10. The van der Waals surface area contributed by atoms with Crippen LogP contribution in [0.3, 0.4) is 0 Å². The van der Waals surface area contributed by atoms with Gasteiger partial charge in [0.15, 0.2) is 5.11 Å². The van der Waals surface area contributed by atoms with E-state index in [0.29, 0.717) is 23.1 Å². The first-order chi connectivity index (χ1) is 15.4. The van der Waals surface area contributed by atoms with Gasteiger partial charge >= 0.3 is 0 Å². The fourth-order valence-corrected chi connectivity index (χ4v) is 4.65. The lowest BCUT2D eigenvalue weighted by Crippen LogP contribution is -2.42. The van der Waals surface area contributed by atoms with Gasteiger partial charge in [-0.2, -0.15) is 4.98 Å². The SMILES string of the molecule is Cc1cccc(C)c1NC(=S)NC1CCC(Nc2nc(N(C)C)c3ccccc3n2)CC1. The minimum Gasteiger partial charge on any atom is -0.362 e. The first kappa shape index (κ1) is 22.3. The highest BCUT2D eigenvalue weighted by atomic mass is 32.1. The van der Waals surface area contributed by atoms with Crippen LogP contribution >= 0.6 is 12.2 Å². The normalized spacial score (nSPS) is 18.2. The van der Waals surface area contributed by atoms with E-state index in [1.54, 1.807) is 0 Å². The summed E-state index contributed by atoms with van der Waals surface area (Å²) in [7, 11) is 4.04. The van der Waals surface area contributed by atoms with Crippen molar-refractivity contribution in [3.63, 3.8) is 0 Å². The summed E-state index contributed by atoms with van der Waals surface area (Å²) in [6.45, 7) is 4.21. The highest BCUT2D eigenvalue weighted by Crippen LogP contribution is 2.26. The van der Waals surface area contributed by atoms with Crippen molar-refractivity contribution in [3.8, 4) is 0 Å². The van der Waals surface area contributed by atoms with Gasteiger partial charge in [0.2, 0.25) is 5.95 Å². The van der Waals surface area contributed by atoms with E-state index < -0.39 is 0 Å². The number of thiocarbonyl (C=S) groups is 1. The van der Waals surface area contributed by atoms with E-state index in [-0.39, 0.29) is 0 Å². The van der Waals surface area contributed by atoms with Gasteiger partial charge in [-0.1, -0.05) is 30.3 Å². The van der Waals surface area contributed by atoms with Crippen LogP contribution < -0.4 is 20.9 Å². The van der Waals surface area contributed by atoms with Gasteiger partial charge in [-0.25, -0.2) is 4.98 Å². The molecule has 0 atom stereocenters. The van der Waals surface area contributed by atoms with E-state index in [1.807, 2.05) is 37.2 Å². The molecule has 0 saturated heterocycles. The number of anilines is 3. The van der Waals surface area contributed by atoms with Crippen molar-refractivity contribution >= 4 is 45.7 Å². The molecule has 0 aliphatic heterocycles. The molecular weight excluding hydrogens is 416 g/mol. The van der Waals surface area contributed by atoms with Crippen molar-refractivity contribution in [2.24, 2.45) is 0 Å². The number of hydrogen-bond acceptors (Lipinski definition) is 5. The van der Waals surface area contributed by atoms with Crippen molar-refractivity contribution in [2.75, 3.05) is 29.6 Å². The Morgan fingerprint density at radius 1 is 0.906 bits per heavy atom. The molecule has 6 nitrogen and oxygen atoms in total. The third-order valence-electron chi connectivity index (χ3n) is 6.12. The predicted molar refractivity (Wildman–Crippen MR) is 139 cm³/mol. The number of fused-ring (bicyclic) bond motifs is 1. The summed E-state index contributed by atoms with van der Waals surface area (Å²) in [5, 5.41) is 12.2. The number of nitrogens with zero attached hydrogens (tertiary/aromatic N) is 3. The van der Waals surface area contributed by atoms with Crippen LogP contribution in [-0.2, 0) is 0 Å². The number of rotatable bonds is 5. The second-order valence-corrected chi connectivity index (χ2v) is 9.25. The number of hydrogen-bond donors (Lipinski definition) is 3. The Bertz CT molecular complexity index is 1080. The Balaban J connectivity index is 1.34. The third-order valence-corrected chi connectivity index (χ3v) is 6.34. The second-order valence-electron chi connectivity index (χ2n) is 8.84. The van der Waals surface area contributed by atoms with Crippen molar-refractivity contribution in [2.45, 2.75) is 51.6 Å². The minimum absolute atomic E-state index is 0.365. The van der Waals surface area contributed by atoms with Crippen LogP contribution in [0, 0.1) is 13.8 Å². The summed E-state index contributed by atoms with van der Waals surface area (Å²) in [6, 6.07) is 15.2. The van der Waals surface area contributed by atoms with E-state index in [2.05, 4.69) is 54.1 Å². The summed E-state index contributed by atoms with van der Waals surface area (Å²) in [4.78, 5) is 11.6. The Morgan fingerprint density at radius 2 is 1.56 bits per heavy atom. The molecule has 1 aromatic heterocycles. The van der Waals surface area contributed by atoms with E-state index in [1.165, 1.54) is 11.1 Å². The molecule has 2 aromatic carbocycles. The summed E-state index contributed by atoms with van der Waals surface area (Å²) in [6.07, 6.45) is 4.22. The quantitative estimate of drug-likeness (QED) is 0.474. The lowest BCUT2D eigenvalue weighted by atomic mass is 9.91. The topological polar surface area (TPSA) is 65.1 Å². The van der Waals surface area contributed by atoms with Gasteiger partial charge in [0.25, 0.3) is 0 Å². The fourth-order valence-electron chi connectivity index (χ4n) is 4.38. The fraction of sp³-hybridized carbons (Fsp3) is 0.400. The van der Waals surface area contributed by atoms with Crippen LogP contribution in [0.4, 0.5) is 17.5 Å². The zero-order valence-electron chi connectivity index (χ0n) is 19.3. The molecule has 7 heteroatoms. The molecule has 1 saturated carbocycles. The van der Waals surface area contributed by atoms with Crippen LogP contribution in [0.5, 0.6) is 0 Å². The second kappa shape index (κ2) is 9.69. The van der Waals surface area contributed by atoms with Crippen molar-refractivity contribution in [1.29, 1.82) is 0 Å². The number of benzene rings is 2. The maximum Gasteiger partial charge on any atom is 0.225 e. The highest BCUT2D eigenvalue weighted by molar-refractivity contribution is 7.80. The molecule has 3 N–H and O–H groups in total. The molecule has 1 heterocycles. The van der Waals surface area contributed by atoms with E-state index in [9.17, 15) is 0 Å². The first-order valence-corrected chi connectivity index (χ1v) is 11.7. The maximum atomic E-state index is 5.59. The van der Waals surface area contributed by atoms with Gasteiger partial charge in [-0.15, -0.1) is 0 Å². The molecule has 0 unspecified atom stereocenters. The predicted octanol–water partition coefficient (Wildman–Crippen LogP) is 5.02. The van der Waals surface area contributed by atoms with E-state index in [4.69, 9.17) is 22.2 Å². The molecule has 0 amide bonds. The maximum absolute atomic E-state index is 5.59. The van der Waals surface area contributed by atoms with Crippen molar-refractivity contribution < 1.29 is 0 Å². The Morgan fingerprint density at radius 3 is 2.25 bits per heavy atom. The lowest BCUT2D eigenvalue weighted by Gasteiger charge is -2.31. The average Bonchev–Trinajstić information content (AvgIpc) is 2.77. The number of nitrogens with one attached hydrogen (secondary N) is 3. The monoisotopic (exact) mass is 448 g/mol. The molecule has 1 fully saturated rings. The molecule has 168 valence electrons. The molecule has 32 heavy (non-hydrogen) atoms. The zero-order valence-corrected chi connectivity index (χ0v) is 20.1. The van der Waals surface area contributed by atoms with Crippen LogP contribution in [-0.4, -0.2) is 41.3 Å². The Hall–Kier alpha value is -2.93. The largest absolute Gasteiger partial charge is 0.362 e. The summed E-state index contributed by atoms with van der Waals surface area (Å²) in [5.41, 5.74) is 4.47. The Kier molecular flexibility index (Phi) is 6.74. The van der Waals surface area contributed by atoms with Gasteiger partial charge in [-0.05, 0) is 75.0 Å². The van der Waals surface area contributed by atoms with Gasteiger partial charge in [-0.3, -0.25) is 0 Å².